The Hall–Kier alpha value is -2.80. The van der Waals surface area contributed by atoms with Crippen molar-refractivity contribution in [3.63, 3.8) is 0 Å². The molecule has 1 atom stereocenters. The molecule has 1 saturated heterocycles. The molecule has 3 heterocycles. The normalized spacial score (nSPS) is 17.6. The standard InChI is InChI=1S/C18H17FN4O2/c19-14-3-1-13(2-4-14)9-15-10-21-18(25-15)16-11-23(7-8-24-16)17-5-6-20-12-22-17/h1-6,10,12,16H,7-9,11H2. The largest absolute Gasteiger partial charge is 0.442 e. The predicted molar refractivity (Wildman–Crippen MR) is 88.6 cm³/mol. The smallest absolute Gasteiger partial charge is 0.225 e. The molecule has 0 spiro atoms. The molecule has 0 radical (unpaired) electrons. The lowest BCUT2D eigenvalue weighted by Gasteiger charge is -2.32. The van der Waals surface area contributed by atoms with E-state index in [1.807, 2.05) is 6.07 Å². The topological polar surface area (TPSA) is 64.3 Å². The Kier molecular flexibility index (Phi) is 4.39. The van der Waals surface area contributed by atoms with E-state index in [1.54, 1.807) is 24.5 Å². The number of halogens is 1. The first-order valence-corrected chi connectivity index (χ1v) is 8.09. The fourth-order valence-corrected chi connectivity index (χ4v) is 2.83. The number of nitrogens with zero attached hydrogens (tertiary/aromatic N) is 4. The lowest BCUT2D eigenvalue weighted by molar-refractivity contribution is 0.0214. The van der Waals surface area contributed by atoms with Crippen molar-refractivity contribution < 1.29 is 13.5 Å². The molecule has 0 aliphatic carbocycles. The molecule has 3 aromatic rings. The molecule has 25 heavy (non-hydrogen) atoms. The highest BCUT2D eigenvalue weighted by molar-refractivity contribution is 5.37. The Morgan fingerprint density at radius 1 is 1.16 bits per heavy atom. The molecular formula is C18H17FN4O2. The number of hydrogen-bond acceptors (Lipinski definition) is 6. The molecule has 1 aliphatic heterocycles. The van der Waals surface area contributed by atoms with Crippen LogP contribution in [0.4, 0.5) is 10.2 Å². The van der Waals surface area contributed by atoms with Gasteiger partial charge in [0.1, 0.15) is 23.7 Å². The van der Waals surface area contributed by atoms with Crippen LogP contribution in [0.5, 0.6) is 0 Å². The summed E-state index contributed by atoms with van der Waals surface area (Å²) in [6.45, 7) is 1.95. The van der Waals surface area contributed by atoms with Gasteiger partial charge in [-0.2, -0.15) is 0 Å². The summed E-state index contributed by atoms with van der Waals surface area (Å²) in [6, 6.07) is 8.24. The minimum Gasteiger partial charge on any atom is -0.442 e. The number of hydrogen-bond donors (Lipinski definition) is 0. The minimum absolute atomic E-state index is 0.245. The maximum atomic E-state index is 13.0. The molecule has 1 unspecified atom stereocenters. The Labute approximate surface area is 144 Å². The molecule has 1 aliphatic rings. The zero-order valence-corrected chi connectivity index (χ0v) is 13.5. The maximum absolute atomic E-state index is 13.0. The van der Waals surface area contributed by atoms with Crippen LogP contribution in [0.2, 0.25) is 0 Å². The summed E-state index contributed by atoms with van der Waals surface area (Å²) in [5.41, 5.74) is 0.969. The van der Waals surface area contributed by atoms with Gasteiger partial charge < -0.3 is 14.1 Å². The third-order valence-electron chi connectivity index (χ3n) is 4.10. The lowest BCUT2D eigenvalue weighted by atomic mass is 10.1. The number of ether oxygens (including phenoxy) is 1. The number of anilines is 1. The number of aromatic nitrogens is 3. The highest BCUT2D eigenvalue weighted by Gasteiger charge is 2.26. The fourth-order valence-electron chi connectivity index (χ4n) is 2.83. The van der Waals surface area contributed by atoms with Crippen LogP contribution in [0.15, 0.2) is 53.5 Å². The third-order valence-corrected chi connectivity index (χ3v) is 4.10. The van der Waals surface area contributed by atoms with Crippen molar-refractivity contribution in [1.82, 2.24) is 15.0 Å². The average Bonchev–Trinajstić information content (AvgIpc) is 3.13. The van der Waals surface area contributed by atoms with Crippen LogP contribution in [0.25, 0.3) is 0 Å². The maximum Gasteiger partial charge on any atom is 0.225 e. The summed E-state index contributed by atoms with van der Waals surface area (Å²) >= 11 is 0. The molecular weight excluding hydrogens is 323 g/mol. The number of morpholine rings is 1. The van der Waals surface area contributed by atoms with Crippen molar-refractivity contribution in [2.45, 2.75) is 12.5 Å². The summed E-state index contributed by atoms with van der Waals surface area (Å²) in [6.07, 6.45) is 5.27. The van der Waals surface area contributed by atoms with Gasteiger partial charge in [0.2, 0.25) is 5.89 Å². The first-order valence-electron chi connectivity index (χ1n) is 8.09. The second-order valence-electron chi connectivity index (χ2n) is 5.84. The van der Waals surface area contributed by atoms with Gasteiger partial charge in [0.25, 0.3) is 0 Å². The van der Waals surface area contributed by atoms with Crippen LogP contribution >= 0.6 is 0 Å². The van der Waals surface area contributed by atoms with Crippen LogP contribution in [0, 0.1) is 5.82 Å². The van der Waals surface area contributed by atoms with Crippen molar-refractivity contribution in [2.24, 2.45) is 0 Å². The Morgan fingerprint density at radius 2 is 2.04 bits per heavy atom. The van der Waals surface area contributed by atoms with Gasteiger partial charge in [-0.1, -0.05) is 12.1 Å². The summed E-state index contributed by atoms with van der Waals surface area (Å²) in [7, 11) is 0. The highest BCUT2D eigenvalue weighted by Crippen LogP contribution is 2.25. The predicted octanol–water partition coefficient (Wildman–Crippen LogP) is 2.77. The lowest BCUT2D eigenvalue weighted by Crippen LogP contribution is -2.38. The quantitative estimate of drug-likeness (QED) is 0.728. The van der Waals surface area contributed by atoms with E-state index in [0.717, 1.165) is 23.7 Å². The fraction of sp³-hybridized carbons (Fsp3) is 0.278. The molecule has 6 nitrogen and oxygen atoms in total. The average molecular weight is 340 g/mol. The Bertz CT molecular complexity index is 823. The van der Waals surface area contributed by atoms with Gasteiger partial charge in [0.15, 0.2) is 6.10 Å². The van der Waals surface area contributed by atoms with E-state index >= 15 is 0 Å². The van der Waals surface area contributed by atoms with Crippen LogP contribution in [-0.4, -0.2) is 34.6 Å². The van der Waals surface area contributed by atoms with E-state index in [4.69, 9.17) is 9.15 Å². The zero-order valence-electron chi connectivity index (χ0n) is 13.5. The van der Waals surface area contributed by atoms with E-state index < -0.39 is 0 Å². The molecule has 0 N–H and O–H groups in total. The van der Waals surface area contributed by atoms with Crippen molar-refractivity contribution in [2.75, 3.05) is 24.6 Å². The molecule has 0 bridgehead atoms. The van der Waals surface area contributed by atoms with Crippen molar-refractivity contribution in [3.05, 3.63) is 72.1 Å². The Morgan fingerprint density at radius 3 is 2.84 bits per heavy atom. The SMILES string of the molecule is Fc1ccc(Cc2cnc(C3CN(c4ccncn4)CCO3)o2)cc1. The molecule has 0 saturated carbocycles. The van der Waals surface area contributed by atoms with Crippen LogP contribution in [0.1, 0.15) is 23.3 Å². The van der Waals surface area contributed by atoms with E-state index in [9.17, 15) is 4.39 Å². The first kappa shape index (κ1) is 15.7. The zero-order chi connectivity index (χ0) is 17.1. The first-order chi connectivity index (χ1) is 12.3. The molecule has 1 aromatic carbocycles. The van der Waals surface area contributed by atoms with Crippen LogP contribution in [-0.2, 0) is 11.2 Å². The summed E-state index contributed by atoms with van der Waals surface area (Å²) < 4.78 is 24.6. The van der Waals surface area contributed by atoms with Gasteiger partial charge in [-0.25, -0.2) is 19.3 Å². The van der Waals surface area contributed by atoms with Crippen LogP contribution < -0.4 is 4.90 Å². The second kappa shape index (κ2) is 6.98. The molecule has 4 rings (SSSR count). The molecule has 2 aromatic heterocycles. The molecule has 128 valence electrons. The molecule has 0 amide bonds. The molecule has 7 heteroatoms. The van der Waals surface area contributed by atoms with Gasteiger partial charge >= 0.3 is 0 Å². The van der Waals surface area contributed by atoms with E-state index in [1.165, 1.54) is 18.5 Å². The summed E-state index contributed by atoms with van der Waals surface area (Å²) in [5, 5.41) is 0. The van der Waals surface area contributed by atoms with Crippen molar-refractivity contribution in [1.29, 1.82) is 0 Å². The van der Waals surface area contributed by atoms with Gasteiger partial charge in [-0.05, 0) is 23.8 Å². The number of oxazole rings is 1. The van der Waals surface area contributed by atoms with Gasteiger partial charge in [-0.15, -0.1) is 0 Å². The van der Waals surface area contributed by atoms with Crippen molar-refractivity contribution >= 4 is 5.82 Å². The van der Waals surface area contributed by atoms with E-state index in [-0.39, 0.29) is 11.9 Å². The second-order valence-corrected chi connectivity index (χ2v) is 5.84. The van der Waals surface area contributed by atoms with E-state index in [2.05, 4.69) is 19.9 Å². The number of rotatable bonds is 4. The highest BCUT2D eigenvalue weighted by atomic mass is 19.1. The summed E-state index contributed by atoms with van der Waals surface area (Å²) in [5.74, 6) is 1.89. The van der Waals surface area contributed by atoms with Crippen molar-refractivity contribution in [3.8, 4) is 0 Å². The van der Waals surface area contributed by atoms with Gasteiger partial charge in [0, 0.05) is 19.2 Å². The van der Waals surface area contributed by atoms with E-state index in [0.29, 0.717) is 25.5 Å². The third kappa shape index (κ3) is 3.66. The summed E-state index contributed by atoms with van der Waals surface area (Å²) in [4.78, 5) is 14.7. The number of benzene rings is 1. The molecule has 1 fully saturated rings. The monoisotopic (exact) mass is 340 g/mol. The van der Waals surface area contributed by atoms with Crippen LogP contribution in [0.3, 0.4) is 0 Å². The van der Waals surface area contributed by atoms with Gasteiger partial charge in [0.05, 0.1) is 19.3 Å². The minimum atomic E-state index is -0.248. The van der Waals surface area contributed by atoms with Gasteiger partial charge in [-0.3, -0.25) is 0 Å². The Balaban J connectivity index is 1.45.